The number of carbonyl (C=O) groups is 1. The van der Waals surface area contributed by atoms with E-state index in [-0.39, 0.29) is 6.04 Å². The van der Waals surface area contributed by atoms with Crippen LogP contribution in [0.4, 0.5) is 10.6 Å². The highest BCUT2D eigenvalue weighted by atomic mass is 35.5. The summed E-state index contributed by atoms with van der Waals surface area (Å²) in [5.41, 5.74) is 2.02. The van der Waals surface area contributed by atoms with Crippen molar-refractivity contribution < 1.29 is 14.3 Å². The molecular formula is C16H15ClN4O3. The van der Waals surface area contributed by atoms with Gasteiger partial charge in [-0.25, -0.2) is 14.8 Å². The first kappa shape index (κ1) is 15.0. The van der Waals surface area contributed by atoms with Crippen molar-refractivity contribution in [3.63, 3.8) is 0 Å². The summed E-state index contributed by atoms with van der Waals surface area (Å²) in [5, 5.41) is 10.7. The van der Waals surface area contributed by atoms with E-state index < -0.39 is 6.09 Å². The first-order valence-corrected chi connectivity index (χ1v) is 7.99. The molecule has 8 heteroatoms. The largest absolute Gasteiger partial charge is 0.465 e. The van der Waals surface area contributed by atoms with Crippen LogP contribution in [0, 0.1) is 0 Å². The maximum Gasteiger partial charge on any atom is 0.407 e. The SMILES string of the molecule is CC1CN(c2ncnc3c2oc2ccc(Cl)cc23)CCN1C(=O)O. The minimum Gasteiger partial charge on any atom is -0.465 e. The second-order valence-corrected chi connectivity index (χ2v) is 6.32. The van der Waals surface area contributed by atoms with Gasteiger partial charge in [-0.05, 0) is 25.1 Å². The summed E-state index contributed by atoms with van der Waals surface area (Å²) in [4.78, 5) is 23.4. The Kier molecular flexibility index (Phi) is 3.45. The molecule has 24 heavy (non-hydrogen) atoms. The first-order chi connectivity index (χ1) is 11.5. The Morgan fingerprint density at radius 2 is 2.21 bits per heavy atom. The summed E-state index contributed by atoms with van der Waals surface area (Å²) in [7, 11) is 0. The maximum absolute atomic E-state index is 11.2. The number of furan rings is 1. The number of halogens is 1. The van der Waals surface area contributed by atoms with Crippen LogP contribution in [0.15, 0.2) is 28.9 Å². The highest BCUT2D eigenvalue weighted by molar-refractivity contribution is 6.31. The van der Waals surface area contributed by atoms with E-state index in [1.54, 1.807) is 6.07 Å². The lowest BCUT2D eigenvalue weighted by Gasteiger charge is -2.38. The van der Waals surface area contributed by atoms with Gasteiger partial charge in [-0.3, -0.25) is 0 Å². The van der Waals surface area contributed by atoms with E-state index in [1.807, 2.05) is 24.0 Å². The molecular weight excluding hydrogens is 332 g/mol. The molecule has 0 aliphatic carbocycles. The van der Waals surface area contributed by atoms with E-state index in [1.165, 1.54) is 11.2 Å². The molecule has 1 aliphatic rings. The Hall–Kier alpha value is -2.54. The van der Waals surface area contributed by atoms with Gasteiger partial charge in [0.05, 0.1) is 0 Å². The van der Waals surface area contributed by atoms with Crippen molar-refractivity contribution in [3.8, 4) is 0 Å². The summed E-state index contributed by atoms with van der Waals surface area (Å²) in [6.45, 7) is 3.42. The molecule has 1 unspecified atom stereocenters. The average molecular weight is 347 g/mol. The third kappa shape index (κ3) is 2.32. The van der Waals surface area contributed by atoms with Crippen LogP contribution in [0.25, 0.3) is 22.1 Å². The second kappa shape index (κ2) is 5.52. The zero-order valence-electron chi connectivity index (χ0n) is 12.9. The molecule has 1 aromatic carbocycles. The Morgan fingerprint density at radius 1 is 1.38 bits per heavy atom. The van der Waals surface area contributed by atoms with Crippen LogP contribution >= 0.6 is 11.6 Å². The number of carboxylic acid groups (broad SMARTS) is 1. The number of amides is 1. The lowest BCUT2D eigenvalue weighted by atomic mass is 10.2. The van der Waals surface area contributed by atoms with Gasteiger partial charge in [0.1, 0.15) is 17.4 Å². The molecule has 0 spiro atoms. The number of rotatable bonds is 1. The van der Waals surface area contributed by atoms with E-state index in [0.29, 0.717) is 47.2 Å². The van der Waals surface area contributed by atoms with Crippen LogP contribution in [0.1, 0.15) is 6.92 Å². The van der Waals surface area contributed by atoms with Crippen molar-refractivity contribution in [2.75, 3.05) is 24.5 Å². The zero-order valence-corrected chi connectivity index (χ0v) is 13.7. The lowest BCUT2D eigenvalue weighted by Crippen LogP contribution is -2.54. The molecule has 1 saturated heterocycles. The van der Waals surface area contributed by atoms with Crippen LogP contribution in [0.3, 0.4) is 0 Å². The van der Waals surface area contributed by atoms with Crippen molar-refractivity contribution in [1.82, 2.24) is 14.9 Å². The normalized spacial score (nSPS) is 18.5. The number of benzene rings is 1. The molecule has 0 radical (unpaired) electrons. The van der Waals surface area contributed by atoms with E-state index in [2.05, 4.69) is 9.97 Å². The lowest BCUT2D eigenvalue weighted by molar-refractivity contribution is 0.122. The molecule has 0 saturated carbocycles. The van der Waals surface area contributed by atoms with Gasteiger partial charge in [0, 0.05) is 36.1 Å². The van der Waals surface area contributed by atoms with E-state index in [9.17, 15) is 9.90 Å². The number of hydrogen-bond donors (Lipinski definition) is 1. The van der Waals surface area contributed by atoms with Gasteiger partial charge in [0.25, 0.3) is 0 Å². The highest BCUT2D eigenvalue weighted by Crippen LogP contribution is 2.34. The topological polar surface area (TPSA) is 82.7 Å². The van der Waals surface area contributed by atoms with Crippen molar-refractivity contribution >= 4 is 45.6 Å². The van der Waals surface area contributed by atoms with Crippen molar-refractivity contribution in [3.05, 3.63) is 29.5 Å². The third-order valence-electron chi connectivity index (χ3n) is 4.37. The zero-order chi connectivity index (χ0) is 16.8. The second-order valence-electron chi connectivity index (χ2n) is 5.89. The van der Waals surface area contributed by atoms with Crippen LogP contribution in [0.2, 0.25) is 5.02 Å². The summed E-state index contributed by atoms with van der Waals surface area (Å²) >= 11 is 6.07. The van der Waals surface area contributed by atoms with Gasteiger partial charge in [0.2, 0.25) is 0 Å². The first-order valence-electron chi connectivity index (χ1n) is 7.62. The van der Waals surface area contributed by atoms with Crippen LogP contribution in [-0.2, 0) is 0 Å². The van der Waals surface area contributed by atoms with E-state index in [4.69, 9.17) is 16.0 Å². The summed E-state index contributed by atoms with van der Waals surface area (Å²) in [5.74, 6) is 0.684. The number of anilines is 1. The molecule has 0 bridgehead atoms. The highest BCUT2D eigenvalue weighted by Gasteiger charge is 2.29. The Morgan fingerprint density at radius 3 is 2.96 bits per heavy atom. The predicted molar refractivity (Wildman–Crippen MR) is 90.7 cm³/mol. The predicted octanol–water partition coefficient (Wildman–Crippen LogP) is 3.22. The smallest absolute Gasteiger partial charge is 0.407 e. The van der Waals surface area contributed by atoms with Crippen molar-refractivity contribution in [2.45, 2.75) is 13.0 Å². The van der Waals surface area contributed by atoms with E-state index >= 15 is 0 Å². The number of fused-ring (bicyclic) bond motifs is 3. The van der Waals surface area contributed by atoms with Gasteiger partial charge in [-0.1, -0.05) is 11.6 Å². The standard InChI is InChI=1S/C16H15ClN4O3/c1-9-7-20(4-5-21(9)16(22)23)15-14-13(18-8-19-15)11-6-10(17)2-3-12(11)24-14/h2-3,6,8-9H,4-5,7H2,1H3,(H,22,23). The number of nitrogens with zero attached hydrogens (tertiary/aromatic N) is 4. The maximum atomic E-state index is 11.2. The van der Waals surface area contributed by atoms with Gasteiger partial charge < -0.3 is 19.3 Å². The molecule has 1 atom stereocenters. The fourth-order valence-electron chi connectivity index (χ4n) is 3.20. The Bertz CT molecular complexity index is 942. The monoisotopic (exact) mass is 346 g/mol. The van der Waals surface area contributed by atoms with Gasteiger partial charge in [-0.15, -0.1) is 0 Å². The summed E-state index contributed by atoms with van der Waals surface area (Å²) < 4.78 is 5.95. The number of piperazine rings is 1. The molecule has 3 heterocycles. The molecule has 7 nitrogen and oxygen atoms in total. The number of aromatic nitrogens is 2. The van der Waals surface area contributed by atoms with Crippen LogP contribution in [0.5, 0.6) is 0 Å². The quantitative estimate of drug-likeness (QED) is 0.728. The van der Waals surface area contributed by atoms with Gasteiger partial charge >= 0.3 is 6.09 Å². The molecule has 3 aromatic rings. The fourth-order valence-corrected chi connectivity index (χ4v) is 3.37. The molecule has 1 amide bonds. The van der Waals surface area contributed by atoms with Gasteiger partial charge in [0.15, 0.2) is 11.4 Å². The van der Waals surface area contributed by atoms with E-state index in [0.717, 1.165) is 5.39 Å². The number of hydrogen-bond acceptors (Lipinski definition) is 5. The molecule has 124 valence electrons. The van der Waals surface area contributed by atoms with Crippen LogP contribution in [-0.4, -0.2) is 51.7 Å². The fraction of sp³-hybridized carbons (Fsp3) is 0.312. The third-order valence-corrected chi connectivity index (χ3v) is 4.60. The minimum absolute atomic E-state index is 0.125. The minimum atomic E-state index is -0.895. The van der Waals surface area contributed by atoms with Gasteiger partial charge in [-0.2, -0.15) is 0 Å². The van der Waals surface area contributed by atoms with Crippen LogP contribution < -0.4 is 4.90 Å². The van der Waals surface area contributed by atoms with Crippen molar-refractivity contribution in [1.29, 1.82) is 0 Å². The Balaban J connectivity index is 1.78. The Labute approximate surface area is 142 Å². The molecule has 1 N–H and O–H groups in total. The van der Waals surface area contributed by atoms with Crippen molar-refractivity contribution in [2.24, 2.45) is 0 Å². The summed E-state index contributed by atoms with van der Waals surface area (Å²) in [6.07, 6.45) is 0.607. The summed E-state index contributed by atoms with van der Waals surface area (Å²) in [6, 6.07) is 5.28. The molecule has 2 aromatic heterocycles. The molecule has 4 rings (SSSR count). The molecule has 1 fully saturated rings. The average Bonchev–Trinajstić information content (AvgIpc) is 2.92. The molecule has 1 aliphatic heterocycles.